The summed E-state index contributed by atoms with van der Waals surface area (Å²) in [6.07, 6.45) is 2.00. The fraction of sp³-hybridized carbons (Fsp3) is 0.381. The number of sulfonamides is 1. The minimum Gasteiger partial charge on any atom is -0.310 e. The molecule has 1 aliphatic carbocycles. The van der Waals surface area contributed by atoms with Crippen molar-refractivity contribution in [3.05, 3.63) is 65.7 Å². The average Bonchev–Trinajstić information content (AvgIpc) is 3.50. The second-order valence-electron chi connectivity index (χ2n) is 7.47. The van der Waals surface area contributed by atoms with Crippen molar-refractivity contribution in [2.75, 3.05) is 18.0 Å². The van der Waals surface area contributed by atoms with E-state index in [-0.39, 0.29) is 23.7 Å². The van der Waals surface area contributed by atoms with Crippen LogP contribution in [-0.2, 0) is 21.2 Å². The van der Waals surface area contributed by atoms with Gasteiger partial charge < -0.3 is 4.90 Å². The van der Waals surface area contributed by atoms with Crippen LogP contribution < -0.4 is 4.90 Å². The Morgan fingerprint density at radius 1 is 1.00 bits per heavy atom. The van der Waals surface area contributed by atoms with Crippen LogP contribution in [0.15, 0.2) is 54.6 Å². The van der Waals surface area contributed by atoms with Crippen LogP contribution in [0.25, 0.3) is 0 Å². The number of hydrogen-bond donors (Lipinski definition) is 0. The molecule has 142 valence electrons. The molecule has 1 heterocycles. The van der Waals surface area contributed by atoms with E-state index in [4.69, 9.17) is 0 Å². The topological polar surface area (TPSA) is 57.7 Å². The highest BCUT2D eigenvalue weighted by Gasteiger charge is 2.46. The van der Waals surface area contributed by atoms with Crippen molar-refractivity contribution in [3.63, 3.8) is 0 Å². The van der Waals surface area contributed by atoms with Gasteiger partial charge in [-0.3, -0.25) is 4.79 Å². The maximum Gasteiger partial charge on any atom is 0.242 e. The second-order valence-corrected chi connectivity index (χ2v) is 9.64. The van der Waals surface area contributed by atoms with Gasteiger partial charge in [0, 0.05) is 18.3 Å². The molecule has 6 heteroatoms. The lowest BCUT2D eigenvalue weighted by molar-refractivity contribution is -0.120. The molecule has 1 atom stereocenters. The van der Waals surface area contributed by atoms with E-state index >= 15 is 0 Å². The average molecular weight is 385 g/mol. The third-order valence-corrected chi connectivity index (χ3v) is 7.72. The number of benzene rings is 2. The lowest BCUT2D eigenvalue weighted by Crippen LogP contribution is -2.59. The molecule has 1 saturated carbocycles. The molecule has 2 fully saturated rings. The third kappa shape index (κ3) is 3.77. The van der Waals surface area contributed by atoms with E-state index in [0.29, 0.717) is 25.8 Å². The summed E-state index contributed by atoms with van der Waals surface area (Å²) in [5.74, 6) is -0.160. The van der Waals surface area contributed by atoms with Crippen LogP contribution in [0.3, 0.4) is 0 Å². The summed E-state index contributed by atoms with van der Waals surface area (Å²) in [7, 11) is -3.42. The van der Waals surface area contributed by atoms with E-state index in [1.165, 1.54) is 4.31 Å². The molecule has 0 aromatic heterocycles. The van der Waals surface area contributed by atoms with Gasteiger partial charge in [-0.25, -0.2) is 8.42 Å². The van der Waals surface area contributed by atoms with E-state index in [2.05, 4.69) is 0 Å². The Kier molecular flexibility index (Phi) is 4.78. The lowest BCUT2D eigenvalue weighted by Gasteiger charge is -2.40. The second kappa shape index (κ2) is 7.09. The van der Waals surface area contributed by atoms with Gasteiger partial charge in [0.05, 0.1) is 11.8 Å². The minimum atomic E-state index is -3.42. The Morgan fingerprint density at radius 3 is 2.30 bits per heavy atom. The van der Waals surface area contributed by atoms with Crippen molar-refractivity contribution < 1.29 is 13.2 Å². The molecule has 1 saturated heterocycles. The SMILES string of the molecule is Cc1ccc(N2C[C@H](Cc3ccccc3)N(S(=O)(=O)C3CC3)CC2=O)cc1. The maximum absolute atomic E-state index is 12.9. The van der Waals surface area contributed by atoms with Gasteiger partial charge in [-0.15, -0.1) is 0 Å². The van der Waals surface area contributed by atoms with Crippen LogP contribution in [0, 0.1) is 6.92 Å². The first-order valence-electron chi connectivity index (χ1n) is 9.37. The van der Waals surface area contributed by atoms with Gasteiger partial charge in [-0.05, 0) is 43.9 Å². The van der Waals surface area contributed by atoms with E-state index in [1.807, 2.05) is 61.5 Å². The number of carbonyl (C=O) groups excluding carboxylic acids is 1. The van der Waals surface area contributed by atoms with Gasteiger partial charge in [0.15, 0.2) is 0 Å². The quantitative estimate of drug-likeness (QED) is 0.796. The first kappa shape index (κ1) is 18.2. The van der Waals surface area contributed by atoms with Crippen LogP contribution in [0.2, 0.25) is 0 Å². The van der Waals surface area contributed by atoms with Crippen molar-refractivity contribution >= 4 is 21.6 Å². The fourth-order valence-corrected chi connectivity index (χ4v) is 5.60. The first-order chi connectivity index (χ1) is 12.9. The van der Waals surface area contributed by atoms with Crippen molar-refractivity contribution in [1.82, 2.24) is 4.31 Å². The van der Waals surface area contributed by atoms with Gasteiger partial charge in [0.1, 0.15) is 0 Å². The molecule has 2 aromatic carbocycles. The number of amides is 1. The smallest absolute Gasteiger partial charge is 0.242 e. The largest absolute Gasteiger partial charge is 0.310 e. The molecule has 0 radical (unpaired) electrons. The van der Waals surface area contributed by atoms with Crippen molar-refractivity contribution in [3.8, 4) is 0 Å². The molecule has 0 N–H and O–H groups in total. The summed E-state index contributed by atoms with van der Waals surface area (Å²) in [6, 6.07) is 17.4. The molecular formula is C21H24N2O3S. The standard InChI is InChI=1S/C21H24N2O3S/c1-16-7-9-18(10-8-16)22-14-19(13-17-5-3-2-4-6-17)23(15-21(22)24)27(25,26)20-11-12-20/h2-10,19-20H,11-15H2,1H3/t19-/m0/s1. The van der Waals surface area contributed by atoms with Gasteiger partial charge in [-0.2, -0.15) is 4.31 Å². The Balaban J connectivity index is 1.64. The highest BCUT2D eigenvalue weighted by molar-refractivity contribution is 7.90. The van der Waals surface area contributed by atoms with Crippen LogP contribution in [0.1, 0.15) is 24.0 Å². The Labute approximate surface area is 160 Å². The fourth-order valence-electron chi connectivity index (χ4n) is 3.63. The number of anilines is 1. The molecule has 4 rings (SSSR count). The molecular weight excluding hydrogens is 360 g/mol. The van der Waals surface area contributed by atoms with Crippen molar-refractivity contribution in [2.24, 2.45) is 0 Å². The van der Waals surface area contributed by atoms with Crippen LogP contribution in [0.5, 0.6) is 0 Å². The van der Waals surface area contributed by atoms with Crippen molar-refractivity contribution in [1.29, 1.82) is 0 Å². The van der Waals surface area contributed by atoms with E-state index in [1.54, 1.807) is 4.90 Å². The summed E-state index contributed by atoms with van der Waals surface area (Å²) in [4.78, 5) is 14.5. The van der Waals surface area contributed by atoms with Gasteiger partial charge in [-0.1, -0.05) is 48.0 Å². The Bertz CT molecular complexity index is 922. The number of hydrogen-bond acceptors (Lipinski definition) is 3. The predicted octanol–water partition coefficient (Wildman–Crippen LogP) is 2.75. The van der Waals surface area contributed by atoms with Gasteiger partial charge in [0.25, 0.3) is 0 Å². The summed E-state index contributed by atoms with van der Waals surface area (Å²) in [6.45, 7) is 2.30. The third-order valence-electron chi connectivity index (χ3n) is 5.33. The van der Waals surface area contributed by atoms with Crippen LogP contribution in [0.4, 0.5) is 5.69 Å². The molecule has 0 spiro atoms. The number of nitrogens with zero attached hydrogens (tertiary/aromatic N) is 2. The maximum atomic E-state index is 12.9. The zero-order chi connectivity index (χ0) is 19.0. The number of aryl methyl sites for hydroxylation is 1. The van der Waals surface area contributed by atoms with Crippen LogP contribution in [-0.4, -0.2) is 43.0 Å². The Hall–Kier alpha value is -2.18. The molecule has 2 aliphatic rings. The van der Waals surface area contributed by atoms with Crippen LogP contribution >= 0.6 is 0 Å². The van der Waals surface area contributed by atoms with E-state index in [0.717, 1.165) is 16.8 Å². The summed E-state index contributed by atoms with van der Waals surface area (Å²) < 4.78 is 27.3. The lowest BCUT2D eigenvalue weighted by atomic mass is 10.0. The van der Waals surface area contributed by atoms with Gasteiger partial charge >= 0.3 is 0 Å². The highest BCUT2D eigenvalue weighted by atomic mass is 32.2. The normalized spacial score (nSPS) is 21.4. The molecule has 27 heavy (non-hydrogen) atoms. The predicted molar refractivity (Wildman–Crippen MR) is 106 cm³/mol. The highest BCUT2D eigenvalue weighted by Crippen LogP contribution is 2.34. The molecule has 5 nitrogen and oxygen atoms in total. The zero-order valence-corrected chi connectivity index (χ0v) is 16.2. The number of piperazine rings is 1. The Morgan fingerprint density at radius 2 is 1.67 bits per heavy atom. The van der Waals surface area contributed by atoms with Crippen molar-refractivity contribution in [2.45, 2.75) is 37.5 Å². The molecule has 1 aliphatic heterocycles. The molecule has 2 aromatic rings. The molecule has 0 unspecified atom stereocenters. The summed E-state index contributed by atoms with van der Waals surface area (Å²) in [5, 5.41) is -0.311. The van der Waals surface area contributed by atoms with E-state index in [9.17, 15) is 13.2 Å². The zero-order valence-electron chi connectivity index (χ0n) is 15.4. The van der Waals surface area contributed by atoms with E-state index < -0.39 is 10.0 Å². The summed E-state index contributed by atoms with van der Waals surface area (Å²) >= 11 is 0. The van der Waals surface area contributed by atoms with Gasteiger partial charge in [0.2, 0.25) is 15.9 Å². The monoisotopic (exact) mass is 384 g/mol. The minimum absolute atomic E-state index is 0.0792. The number of rotatable bonds is 5. The first-order valence-corrected chi connectivity index (χ1v) is 10.9. The number of carbonyl (C=O) groups is 1. The molecule has 0 bridgehead atoms. The molecule has 1 amide bonds. The summed E-state index contributed by atoms with van der Waals surface area (Å²) in [5.41, 5.74) is 3.03.